The molecule has 26 heavy (non-hydrogen) atoms. The van der Waals surface area contributed by atoms with Gasteiger partial charge in [-0.1, -0.05) is 6.07 Å². The van der Waals surface area contributed by atoms with Crippen LogP contribution in [0.2, 0.25) is 0 Å². The molecule has 0 saturated carbocycles. The number of ether oxygens (including phenoxy) is 1. The van der Waals surface area contributed by atoms with Crippen LogP contribution >= 0.6 is 0 Å². The van der Waals surface area contributed by atoms with Gasteiger partial charge in [0.05, 0.1) is 12.2 Å². The number of benzene rings is 2. The van der Waals surface area contributed by atoms with E-state index in [9.17, 15) is 28.2 Å². The second kappa shape index (κ2) is 6.53. The summed E-state index contributed by atoms with van der Waals surface area (Å²) in [5, 5.41) is 29.1. The SMILES string of the molecule is O=C(O)C(O)c1c(C(F)(F)F)ccc(O)c1-c1ccc2c(c1)CCCO2. The maximum absolute atomic E-state index is 13.4. The Bertz CT molecular complexity index is 861. The highest BCUT2D eigenvalue weighted by Gasteiger charge is 2.39. The molecule has 1 aliphatic rings. The lowest BCUT2D eigenvalue weighted by atomic mass is 9.89. The van der Waals surface area contributed by atoms with Crippen molar-refractivity contribution >= 4 is 5.97 Å². The van der Waals surface area contributed by atoms with Crippen molar-refractivity contribution in [3.63, 3.8) is 0 Å². The largest absolute Gasteiger partial charge is 0.507 e. The first kappa shape index (κ1) is 18.1. The summed E-state index contributed by atoms with van der Waals surface area (Å²) in [5.41, 5.74) is -1.64. The Morgan fingerprint density at radius 3 is 2.58 bits per heavy atom. The Labute approximate surface area is 146 Å². The standard InChI is InChI=1S/C18H15F3O5/c19-18(20,21)11-4-5-12(22)14(15(11)16(23)17(24)25)10-3-6-13-9(8-10)2-1-7-26-13/h3-6,8,16,22-23H,1-2,7H2,(H,24,25). The highest BCUT2D eigenvalue weighted by molar-refractivity contribution is 5.84. The number of aryl methyl sites for hydroxylation is 1. The van der Waals surface area contributed by atoms with E-state index in [0.29, 0.717) is 24.8 Å². The van der Waals surface area contributed by atoms with Gasteiger partial charge in [-0.05, 0) is 48.2 Å². The maximum atomic E-state index is 13.4. The van der Waals surface area contributed by atoms with Gasteiger partial charge < -0.3 is 20.1 Å². The van der Waals surface area contributed by atoms with Crippen molar-refractivity contribution in [1.29, 1.82) is 0 Å². The van der Waals surface area contributed by atoms with Crippen LogP contribution in [0.3, 0.4) is 0 Å². The van der Waals surface area contributed by atoms with Crippen LogP contribution in [0.1, 0.15) is 29.2 Å². The van der Waals surface area contributed by atoms with Crippen molar-refractivity contribution in [2.24, 2.45) is 0 Å². The number of rotatable bonds is 3. The molecule has 0 fully saturated rings. The minimum absolute atomic E-state index is 0.174. The molecule has 5 nitrogen and oxygen atoms in total. The van der Waals surface area contributed by atoms with E-state index in [-0.39, 0.29) is 11.1 Å². The molecule has 0 bridgehead atoms. The number of aromatic hydroxyl groups is 1. The Morgan fingerprint density at radius 1 is 1.19 bits per heavy atom. The van der Waals surface area contributed by atoms with Crippen LogP contribution in [0.4, 0.5) is 13.2 Å². The monoisotopic (exact) mass is 368 g/mol. The number of hydrogen-bond donors (Lipinski definition) is 3. The minimum Gasteiger partial charge on any atom is -0.507 e. The number of alkyl halides is 3. The van der Waals surface area contributed by atoms with Crippen molar-refractivity contribution in [3.05, 3.63) is 47.0 Å². The Morgan fingerprint density at radius 2 is 1.92 bits per heavy atom. The summed E-state index contributed by atoms with van der Waals surface area (Å²) in [6.07, 6.45) is -5.97. The molecule has 1 atom stereocenters. The van der Waals surface area contributed by atoms with E-state index in [4.69, 9.17) is 9.84 Å². The highest BCUT2D eigenvalue weighted by Crippen LogP contribution is 2.45. The molecular formula is C18H15F3O5. The lowest BCUT2D eigenvalue weighted by Gasteiger charge is -2.22. The van der Waals surface area contributed by atoms with E-state index in [1.165, 1.54) is 6.07 Å². The summed E-state index contributed by atoms with van der Waals surface area (Å²) in [6.45, 7) is 0.532. The lowest BCUT2D eigenvalue weighted by Crippen LogP contribution is -2.19. The minimum atomic E-state index is -4.90. The van der Waals surface area contributed by atoms with Gasteiger partial charge in [0.15, 0.2) is 6.10 Å². The molecule has 2 aromatic rings. The van der Waals surface area contributed by atoms with Crippen LogP contribution in [-0.4, -0.2) is 27.9 Å². The molecule has 138 valence electrons. The first-order valence-electron chi connectivity index (χ1n) is 7.80. The van der Waals surface area contributed by atoms with E-state index in [2.05, 4.69) is 0 Å². The number of halogens is 3. The maximum Gasteiger partial charge on any atom is 0.416 e. The number of phenolic OH excluding ortho intramolecular Hbond substituents is 1. The van der Waals surface area contributed by atoms with E-state index in [1.54, 1.807) is 12.1 Å². The van der Waals surface area contributed by atoms with Gasteiger partial charge in [0.1, 0.15) is 11.5 Å². The van der Waals surface area contributed by atoms with Gasteiger partial charge in [0, 0.05) is 11.1 Å². The van der Waals surface area contributed by atoms with Crippen LogP contribution in [-0.2, 0) is 17.4 Å². The molecule has 0 aromatic heterocycles. The van der Waals surface area contributed by atoms with Gasteiger partial charge in [0.2, 0.25) is 0 Å². The van der Waals surface area contributed by atoms with Gasteiger partial charge in [-0.15, -0.1) is 0 Å². The number of carboxylic acids is 1. The third-order valence-corrected chi connectivity index (χ3v) is 4.23. The van der Waals surface area contributed by atoms with Gasteiger partial charge >= 0.3 is 12.1 Å². The molecule has 8 heteroatoms. The molecule has 0 radical (unpaired) electrons. The summed E-state index contributed by atoms with van der Waals surface area (Å²) < 4.78 is 45.6. The van der Waals surface area contributed by atoms with Gasteiger partial charge in [-0.25, -0.2) is 4.79 Å². The third kappa shape index (κ3) is 3.20. The smallest absolute Gasteiger partial charge is 0.416 e. The fourth-order valence-electron chi connectivity index (χ4n) is 3.08. The van der Waals surface area contributed by atoms with Crippen molar-refractivity contribution in [2.45, 2.75) is 25.1 Å². The van der Waals surface area contributed by atoms with Gasteiger partial charge in [-0.3, -0.25) is 0 Å². The second-order valence-electron chi connectivity index (χ2n) is 5.93. The number of aliphatic hydroxyl groups is 1. The van der Waals surface area contributed by atoms with Crippen molar-refractivity contribution in [1.82, 2.24) is 0 Å². The number of phenols is 1. The number of aliphatic carboxylic acids is 1. The lowest BCUT2D eigenvalue weighted by molar-refractivity contribution is -0.149. The number of aliphatic hydroxyl groups excluding tert-OH is 1. The average molecular weight is 368 g/mol. The van der Waals surface area contributed by atoms with Crippen molar-refractivity contribution < 1.29 is 38.0 Å². The predicted molar refractivity (Wildman–Crippen MR) is 85.0 cm³/mol. The van der Waals surface area contributed by atoms with Gasteiger partial charge in [-0.2, -0.15) is 13.2 Å². The summed E-state index contributed by atoms with van der Waals surface area (Å²) in [7, 11) is 0. The van der Waals surface area contributed by atoms with Crippen LogP contribution in [0.5, 0.6) is 11.5 Å². The molecule has 1 unspecified atom stereocenters. The van der Waals surface area contributed by atoms with E-state index < -0.39 is 35.1 Å². The predicted octanol–water partition coefficient (Wildman–Crippen LogP) is 3.52. The molecule has 3 rings (SSSR count). The van der Waals surface area contributed by atoms with Crippen LogP contribution < -0.4 is 4.74 Å². The fourth-order valence-corrected chi connectivity index (χ4v) is 3.08. The number of fused-ring (bicyclic) bond motifs is 1. The molecule has 0 spiro atoms. The zero-order valence-electron chi connectivity index (χ0n) is 13.4. The second-order valence-corrected chi connectivity index (χ2v) is 5.93. The van der Waals surface area contributed by atoms with E-state index in [0.717, 1.165) is 18.1 Å². The summed E-state index contributed by atoms with van der Waals surface area (Å²) in [5.74, 6) is -1.81. The van der Waals surface area contributed by atoms with Crippen molar-refractivity contribution in [3.8, 4) is 22.6 Å². The van der Waals surface area contributed by atoms with Crippen LogP contribution in [0, 0.1) is 0 Å². The van der Waals surface area contributed by atoms with Gasteiger partial charge in [0.25, 0.3) is 0 Å². The fraction of sp³-hybridized carbons (Fsp3) is 0.278. The highest BCUT2D eigenvalue weighted by atomic mass is 19.4. The molecule has 0 amide bonds. The molecule has 3 N–H and O–H groups in total. The molecule has 1 aliphatic heterocycles. The summed E-state index contributed by atoms with van der Waals surface area (Å²) in [6, 6.07) is 5.92. The molecule has 0 saturated heterocycles. The number of hydrogen-bond acceptors (Lipinski definition) is 4. The zero-order valence-corrected chi connectivity index (χ0v) is 13.4. The Hall–Kier alpha value is -2.74. The third-order valence-electron chi connectivity index (χ3n) is 4.23. The van der Waals surface area contributed by atoms with Crippen LogP contribution in [0.25, 0.3) is 11.1 Å². The van der Waals surface area contributed by atoms with E-state index >= 15 is 0 Å². The summed E-state index contributed by atoms with van der Waals surface area (Å²) >= 11 is 0. The number of carboxylic acid groups (broad SMARTS) is 1. The molecule has 1 heterocycles. The Kier molecular flexibility index (Phi) is 4.53. The topological polar surface area (TPSA) is 87.0 Å². The zero-order chi connectivity index (χ0) is 19.1. The first-order valence-corrected chi connectivity index (χ1v) is 7.80. The Balaban J connectivity index is 2.28. The number of carbonyl (C=O) groups is 1. The first-order chi connectivity index (χ1) is 12.2. The van der Waals surface area contributed by atoms with Crippen LogP contribution in [0.15, 0.2) is 30.3 Å². The molecule has 2 aromatic carbocycles. The normalized spacial score (nSPS) is 15.1. The van der Waals surface area contributed by atoms with E-state index in [1.807, 2.05) is 0 Å². The van der Waals surface area contributed by atoms with Crippen molar-refractivity contribution in [2.75, 3.05) is 6.61 Å². The molecule has 0 aliphatic carbocycles. The summed E-state index contributed by atoms with van der Waals surface area (Å²) in [4.78, 5) is 11.2. The average Bonchev–Trinajstić information content (AvgIpc) is 2.59. The quantitative estimate of drug-likeness (QED) is 0.772. The molecular weight excluding hydrogens is 353 g/mol.